The van der Waals surface area contributed by atoms with E-state index in [1.807, 2.05) is 60.7 Å². The molecule has 0 atom stereocenters. The zero-order chi connectivity index (χ0) is 31.6. The van der Waals surface area contributed by atoms with Gasteiger partial charge in [-0.15, -0.1) is 0 Å². The molecule has 2 amide bonds. The normalized spacial score (nSPS) is 15.6. The number of hydrogen-bond acceptors (Lipinski definition) is 7. The second-order valence-electron chi connectivity index (χ2n) is 11.9. The Hall–Kier alpha value is -4.89. The highest BCUT2D eigenvalue weighted by Crippen LogP contribution is 2.25. The van der Waals surface area contributed by atoms with Gasteiger partial charge in [0.15, 0.2) is 0 Å². The van der Waals surface area contributed by atoms with Crippen LogP contribution in [0, 0.1) is 5.92 Å². The first kappa shape index (κ1) is 31.1. The van der Waals surface area contributed by atoms with Crippen LogP contribution in [0.1, 0.15) is 48.0 Å². The van der Waals surface area contributed by atoms with Crippen LogP contribution in [-0.4, -0.2) is 59.6 Å². The third-order valence-corrected chi connectivity index (χ3v) is 8.43. The molecule has 2 saturated heterocycles. The lowest BCUT2D eigenvalue weighted by Crippen LogP contribution is -2.41. The summed E-state index contributed by atoms with van der Waals surface area (Å²) in [6, 6.07) is 27.7. The lowest BCUT2D eigenvalue weighted by Gasteiger charge is -2.31. The number of ether oxygens (including phenoxy) is 3. The molecule has 3 heterocycles. The fourth-order valence-corrected chi connectivity index (χ4v) is 5.74. The highest BCUT2D eigenvalue weighted by atomic mass is 16.6. The molecule has 0 spiro atoms. The number of amides is 2. The summed E-state index contributed by atoms with van der Waals surface area (Å²) in [7, 11) is 0. The van der Waals surface area contributed by atoms with Gasteiger partial charge in [-0.05, 0) is 117 Å². The fourth-order valence-electron chi connectivity index (χ4n) is 5.74. The highest BCUT2D eigenvalue weighted by Gasteiger charge is 2.25. The molecule has 9 nitrogen and oxygen atoms in total. The number of carbonyl (C=O) groups is 2. The number of likely N-dealkylation sites (tertiary alicyclic amines) is 2. The van der Waals surface area contributed by atoms with Crippen LogP contribution in [0.3, 0.4) is 0 Å². The molecule has 1 aromatic heterocycles. The Balaban J connectivity index is 0.898. The summed E-state index contributed by atoms with van der Waals surface area (Å²) in [5, 5.41) is 2.92. The van der Waals surface area contributed by atoms with Crippen molar-refractivity contribution in [2.45, 2.75) is 38.6 Å². The molecule has 238 valence electrons. The number of rotatable bonds is 10. The Bertz CT molecular complexity index is 1550. The first-order chi connectivity index (χ1) is 22.6. The van der Waals surface area contributed by atoms with Crippen molar-refractivity contribution in [3.05, 3.63) is 108 Å². The fraction of sp³-hybridized carbons (Fsp3) is 0.324. The van der Waals surface area contributed by atoms with Crippen molar-refractivity contribution in [1.29, 1.82) is 0 Å². The van der Waals surface area contributed by atoms with E-state index in [0.29, 0.717) is 54.2 Å². The number of aromatic nitrogens is 1. The van der Waals surface area contributed by atoms with Crippen molar-refractivity contribution in [3.63, 3.8) is 0 Å². The van der Waals surface area contributed by atoms with E-state index < -0.39 is 0 Å². The molecule has 2 aliphatic rings. The molecule has 9 heteroatoms. The topological polar surface area (TPSA) is 93.2 Å². The Morgan fingerprint density at radius 2 is 1.46 bits per heavy atom. The Kier molecular flexibility index (Phi) is 10.4. The maximum absolute atomic E-state index is 12.8. The van der Waals surface area contributed by atoms with E-state index in [1.54, 1.807) is 41.4 Å². The minimum absolute atomic E-state index is 0.173. The molecule has 46 heavy (non-hydrogen) atoms. The number of piperidine rings is 2. The van der Waals surface area contributed by atoms with E-state index in [1.165, 1.54) is 24.8 Å². The number of nitrogens with zero attached hydrogens (tertiary/aromatic N) is 3. The van der Waals surface area contributed by atoms with E-state index in [0.717, 1.165) is 38.2 Å². The predicted molar refractivity (Wildman–Crippen MR) is 177 cm³/mol. The van der Waals surface area contributed by atoms with Gasteiger partial charge >= 0.3 is 6.09 Å². The summed E-state index contributed by atoms with van der Waals surface area (Å²) in [6.07, 6.45) is 6.82. The van der Waals surface area contributed by atoms with Crippen LogP contribution in [0.25, 0.3) is 0 Å². The van der Waals surface area contributed by atoms with E-state index >= 15 is 0 Å². The second-order valence-corrected chi connectivity index (χ2v) is 11.9. The van der Waals surface area contributed by atoms with Crippen LogP contribution in [-0.2, 0) is 6.54 Å². The van der Waals surface area contributed by atoms with Gasteiger partial charge < -0.3 is 24.4 Å². The third kappa shape index (κ3) is 8.85. The molecule has 0 radical (unpaired) electrons. The van der Waals surface area contributed by atoms with Crippen LogP contribution >= 0.6 is 0 Å². The van der Waals surface area contributed by atoms with Crippen molar-refractivity contribution >= 4 is 17.7 Å². The molecular formula is C37H40N4O5. The highest BCUT2D eigenvalue weighted by molar-refractivity contribution is 6.04. The molecule has 0 unspecified atom stereocenters. The van der Waals surface area contributed by atoms with Gasteiger partial charge in [0.1, 0.15) is 17.2 Å². The smallest absolute Gasteiger partial charge is 0.415 e. The number of anilines is 1. The largest absolute Gasteiger partial charge is 0.493 e. The lowest BCUT2D eigenvalue weighted by atomic mass is 9.98. The van der Waals surface area contributed by atoms with Gasteiger partial charge in [0.2, 0.25) is 5.88 Å². The zero-order valence-electron chi connectivity index (χ0n) is 26.0. The molecule has 1 N–H and O–H groups in total. The first-order valence-electron chi connectivity index (χ1n) is 16.1. The van der Waals surface area contributed by atoms with Gasteiger partial charge in [0, 0.05) is 43.1 Å². The second kappa shape index (κ2) is 15.4. The summed E-state index contributed by atoms with van der Waals surface area (Å²) in [5.74, 6) is 2.63. The Morgan fingerprint density at radius 3 is 2.15 bits per heavy atom. The van der Waals surface area contributed by atoms with Gasteiger partial charge in [-0.25, -0.2) is 9.78 Å². The molecule has 2 fully saturated rings. The van der Waals surface area contributed by atoms with Gasteiger partial charge in [0.25, 0.3) is 5.91 Å². The molecule has 0 aliphatic carbocycles. The van der Waals surface area contributed by atoms with Crippen molar-refractivity contribution in [2.24, 2.45) is 5.92 Å². The van der Waals surface area contributed by atoms with Crippen LogP contribution in [0.15, 0.2) is 97.2 Å². The molecule has 2 aliphatic heterocycles. The quantitative estimate of drug-likeness (QED) is 0.197. The SMILES string of the molecule is O=C(Nc1ccc(OC(=O)N2CCC(COc3ccc(Oc4ccccn4)cc3)CC2)cc1)c1ccc(CN2CCCCC2)cc1. The molecule has 6 rings (SSSR count). The number of pyridine rings is 1. The maximum atomic E-state index is 12.8. The summed E-state index contributed by atoms with van der Waals surface area (Å²) >= 11 is 0. The summed E-state index contributed by atoms with van der Waals surface area (Å²) in [5.41, 5.74) is 2.46. The number of benzene rings is 3. The lowest BCUT2D eigenvalue weighted by molar-refractivity contribution is 0.102. The standard InChI is InChI=1S/C37H40N4O5/c42-36(30-9-7-28(8-10-30)26-40-22-4-1-5-23-40)39-31-11-13-34(14-12-31)46-37(43)41-24-19-29(20-25-41)27-44-32-15-17-33(18-16-32)45-35-6-2-3-21-38-35/h2-3,6-18,21,29H,1,4-5,19-20,22-27H2,(H,39,42). The number of hydrogen-bond donors (Lipinski definition) is 1. The van der Waals surface area contributed by atoms with Crippen LogP contribution in [0.4, 0.5) is 10.5 Å². The molecular weight excluding hydrogens is 580 g/mol. The average molecular weight is 621 g/mol. The summed E-state index contributed by atoms with van der Waals surface area (Å²) < 4.78 is 17.3. The van der Waals surface area contributed by atoms with Crippen LogP contribution in [0.5, 0.6) is 23.1 Å². The monoisotopic (exact) mass is 620 g/mol. The van der Waals surface area contributed by atoms with Gasteiger partial charge in [-0.2, -0.15) is 0 Å². The van der Waals surface area contributed by atoms with Crippen molar-refractivity contribution < 1.29 is 23.8 Å². The van der Waals surface area contributed by atoms with Crippen molar-refractivity contribution in [1.82, 2.24) is 14.8 Å². The van der Waals surface area contributed by atoms with Gasteiger partial charge in [-0.1, -0.05) is 24.6 Å². The molecule has 3 aromatic carbocycles. The Labute approximate surface area is 270 Å². The van der Waals surface area contributed by atoms with Gasteiger partial charge in [0.05, 0.1) is 6.61 Å². The zero-order valence-corrected chi connectivity index (χ0v) is 26.0. The summed E-state index contributed by atoms with van der Waals surface area (Å²) in [6.45, 7) is 5.00. The minimum atomic E-state index is -0.371. The van der Waals surface area contributed by atoms with E-state index in [2.05, 4.69) is 15.2 Å². The van der Waals surface area contributed by atoms with Crippen LogP contribution < -0.4 is 19.5 Å². The van der Waals surface area contributed by atoms with Crippen molar-refractivity contribution in [3.8, 4) is 23.1 Å². The van der Waals surface area contributed by atoms with E-state index in [-0.39, 0.29) is 12.0 Å². The molecule has 4 aromatic rings. The number of carbonyl (C=O) groups excluding carboxylic acids is 2. The molecule has 0 saturated carbocycles. The first-order valence-corrected chi connectivity index (χ1v) is 16.1. The predicted octanol–water partition coefficient (Wildman–Crippen LogP) is 7.40. The Morgan fingerprint density at radius 1 is 0.761 bits per heavy atom. The van der Waals surface area contributed by atoms with Gasteiger partial charge in [-0.3, -0.25) is 9.69 Å². The minimum Gasteiger partial charge on any atom is -0.493 e. The van der Waals surface area contributed by atoms with E-state index in [4.69, 9.17) is 14.2 Å². The van der Waals surface area contributed by atoms with E-state index in [9.17, 15) is 9.59 Å². The van der Waals surface area contributed by atoms with Crippen LogP contribution in [0.2, 0.25) is 0 Å². The number of nitrogens with one attached hydrogen (secondary N) is 1. The summed E-state index contributed by atoms with van der Waals surface area (Å²) in [4.78, 5) is 33.9. The average Bonchev–Trinajstić information content (AvgIpc) is 3.10. The maximum Gasteiger partial charge on any atom is 0.415 e. The van der Waals surface area contributed by atoms with Crippen molar-refractivity contribution in [2.75, 3.05) is 38.1 Å². The molecule has 0 bridgehead atoms. The third-order valence-electron chi connectivity index (χ3n) is 8.43.